The number of nitrogens with zero attached hydrogens (tertiary/aromatic N) is 3. The lowest BCUT2D eigenvalue weighted by Gasteiger charge is -2.34. The van der Waals surface area contributed by atoms with Gasteiger partial charge in [-0.1, -0.05) is 247 Å². The second-order valence-electron chi connectivity index (χ2n) is 25.3. The summed E-state index contributed by atoms with van der Waals surface area (Å²) in [5, 5.41) is 0. The first-order valence-electron chi connectivity index (χ1n) is 33.4. The predicted octanol–water partition coefficient (Wildman–Crippen LogP) is 25.0. The Morgan fingerprint density at radius 2 is 0.648 bits per heavy atom. The van der Waals surface area contributed by atoms with Crippen molar-refractivity contribution in [2.45, 2.75) is 96.3 Å². The number of benzene rings is 12. The quantitative estimate of drug-likeness (QED) is 0.0591. The van der Waals surface area contributed by atoms with Crippen molar-refractivity contribution in [1.29, 1.82) is 0 Å². The molecule has 2 aliphatic rings. The SMILES string of the molecule is CCCCCCC1(CCCCCC)c2ccccc2-c2ccc(N(c3ccc(-c4cccc(-c5ccc(N(C)c6cccc(-c7ccc8c(c7)CC8)c6)cc5)c4)cc3)c3ccc(-c4cccc(-c5ccc(N(c6ccccc6)c6ccccc6)cc5)c4)cc3)cc21. The zero-order valence-electron chi connectivity index (χ0n) is 53.0. The van der Waals surface area contributed by atoms with Gasteiger partial charge in [0.1, 0.15) is 0 Å². The van der Waals surface area contributed by atoms with Crippen LogP contribution >= 0.6 is 0 Å². The lowest BCUT2D eigenvalue weighted by atomic mass is 9.70. The Balaban J connectivity index is 0.775. The number of hydrogen-bond acceptors (Lipinski definition) is 3. The van der Waals surface area contributed by atoms with Crippen molar-refractivity contribution in [2.24, 2.45) is 0 Å². The van der Waals surface area contributed by atoms with Gasteiger partial charge in [-0.15, -0.1) is 0 Å². The number of anilines is 8. The number of unbranched alkanes of at least 4 members (excludes halogenated alkanes) is 6. The van der Waals surface area contributed by atoms with Gasteiger partial charge in [0.25, 0.3) is 0 Å². The number of hydrogen-bond donors (Lipinski definition) is 0. The molecule has 91 heavy (non-hydrogen) atoms. The molecule has 0 radical (unpaired) electrons. The van der Waals surface area contributed by atoms with E-state index in [1.54, 1.807) is 0 Å². The van der Waals surface area contributed by atoms with Crippen LogP contribution in [0.1, 0.15) is 100 Å². The summed E-state index contributed by atoms with van der Waals surface area (Å²) in [7, 11) is 2.17. The van der Waals surface area contributed by atoms with Gasteiger partial charge in [0.15, 0.2) is 0 Å². The number of fused-ring (bicyclic) bond motifs is 4. The smallest absolute Gasteiger partial charge is 0.0465 e. The van der Waals surface area contributed by atoms with Gasteiger partial charge in [-0.2, -0.15) is 0 Å². The monoisotopic (exact) mass is 1180 g/mol. The van der Waals surface area contributed by atoms with Crippen molar-refractivity contribution in [3.63, 3.8) is 0 Å². The first kappa shape index (κ1) is 58.7. The third kappa shape index (κ3) is 12.2. The van der Waals surface area contributed by atoms with Crippen LogP contribution in [0, 0.1) is 0 Å². The molecule has 3 nitrogen and oxygen atoms in total. The largest absolute Gasteiger partial charge is 0.345 e. The summed E-state index contributed by atoms with van der Waals surface area (Å²) >= 11 is 0. The second kappa shape index (κ2) is 26.6. The van der Waals surface area contributed by atoms with Crippen LogP contribution in [0.3, 0.4) is 0 Å². The Morgan fingerprint density at radius 1 is 0.264 bits per heavy atom. The van der Waals surface area contributed by atoms with Crippen LogP contribution < -0.4 is 14.7 Å². The van der Waals surface area contributed by atoms with Crippen molar-refractivity contribution in [3.05, 3.63) is 313 Å². The minimum atomic E-state index is -0.0343. The molecule has 0 aromatic heterocycles. The molecule has 0 atom stereocenters. The van der Waals surface area contributed by atoms with E-state index in [0.717, 1.165) is 34.1 Å². The highest BCUT2D eigenvalue weighted by molar-refractivity contribution is 5.88. The molecular weight excluding hydrogens is 1100 g/mol. The maximum Gasteiger partial charge on any atom is 0.0465 e. The fourth-order valence-corrected chi connectivity index (χ4v) is 14.5. The summed E-state index contributed by atoms with van der Waals surface area (Å²) in [5.74, 6) is 0. The Morgan fingerprint density at radius 3 is 1.13 bits per heavy atom. The summed E-state index contributed by atoms with van der Waals surface area (Å²) in [4.78, 5) is 7.10. The zero-order valence-corrected chi connectivity index (χ0v) is 53.0. The minimum Gasteiger partial charge on any atom is -0.345 e. The third-order valence-electron chi connectivity index (χ3n) is 19.6. The predicted molar refractivity (Wildman–Crippen MR) is 389 cm³/mol. The highest BCUT2D eigenvalue weighted by atomic mass is 15.1. The standard InChI is InChI=1S/C88H81N3/c1-4-6-8-18-57-88(58-19-9-7-5-2)86-34-17-16-33-84(86)85-56-55-83(63-87(85)88)91(81-53-45-68(46-54-81)72-26-21-25-71(60-72)66-41-49-79(50-42-66)90(77-28-12-10-13-29-77)78-30-14-11-15-31-78)80-51-43-67(44-52-80)70-24-20-23-69(59-70)65-39-47-76(48-40-65)89(3)82-32-22-27-73(62-82)75-38-36-64-35-37-74(64)61-75/h10-17,20-34,36,38-56,59-63H,4-9,18-19,35,37,57-58H2,1-3H3. The fraction of sp³-hybridized carbons (Fsp3) is 0.182. The fourth-order valence-electron chi connectivity index (χ4n) is 14.5. The number of aryl methyl sites for hydroxylation is 2. The lowest BCUT2D eigenvalue weighted by molar-refractivity contribution is 0.401. The molecule has 0 aliphatic heterocycles. The summed E-state index contributed by atoms with van der Waals surface area (Å²) in [5.41, 5.74) is 30.0. The van der Waals surface area contributed by atoms with Gasteiger partial charge in [0.05, 0.1) is 0 Å². The molecule has 3 heteroatoms. The normalized spacial score (nSPS) is 12.6. The molecule has 14 rings (SSSR count). The summed E-state index contributed by atoms with van der Waals surface area (Å²) < 4.78 is 0. The van der Waals surface area contributed by atoms with E-state index in [-0.39, 0.29) is 5.41 Å². The van der Waals surface area contributed by atoms with Gasteiger partial charge in [0.2, 0.25) is 0 Å². The zero-order chi connectivity index (χ0) is 61.5. The van der Waals surface area contributed by atoms with Crippen LogP contribution in [0.5, 0.6) is 0 Å². The van der Waals surface area contributed by atoms with Gasteiger partial charge in [-0.05, 0) is 224 Å². The molecule has 0 spiro atoms. The van der Waals surface area contributed by atoms with E-state index < -0.39 is 0 Å². The van der Waals surface area contributed by atoms with E-state index in [1.807, 2.05) is 0 Å². The van der Waals surface area contributed by atoms with Crippen molar-refractivity contribution in [1.82, 2.24) is 0 Å². The molecule has 2 aliphatic carbocycles. The van der Waals surface area contributed by atoms with E-state index in [4.69, 9.17) is 0 Å². The Hall–Kier alpha value is -9.96. The minimum absolute atomic E-state index is 0.0343. The van der Waals surface area contributed by atoms with Crippen LogP contribution in [0.2, 0.25) is 0 Å². The first-order valence-corrected chi connectivity index (χ1v) is 33.4. The maximum absolute atomic E-state index is 2.59. The van der Waals surface area contributed by atoms with E-state index in [1.165, 1.54) is 177 Å². The Kier molecular flexibility index (Phi) is 17.2. The van der Waals surface area contributed by atoms with Crippen molar-refractivity contribution >= 4 is 45.5 Å². The van der Waals surface area contributed by atoms with Gasteiger partial charge in [-0.25, -0.2) is 0 Å². The van der Waals surface area contributed by atoms with Gasteiger partial charge >= 0.3 is 0 Å². The first-order chi connectivity index (χ1) is 44.9. The van der Waals surface area contributed by atoms with Gasteiger partial charge in [-0.3, -0.25) is 0 Å². The Bertz CT molecular complexity index is 4380. The molecule has 0 saturated heterocycles. The molecule has 12 aromatic carbocycles. The second-order valence-corrected chi connectivity index (χ2v) is 25.3. The van der Waals surface area contributed by atoms with E-state index in [0.29, 0.717) is 0 Å². The van der Waals surface area contributed by atoms with Crippen LogP contribution in [0.25, 0.3) is 66.8 Å². The third-order valence-corrected chi connectivity index (χ3v) is 19.6. The maximum atomic E-state index is 2.59. The van der Waals surface area contributed by atoms with Crippen LogP contribution in [0.15, 0.2) is 291 Å². The van der Waals surface area contributed by atoms with E-state index in [9.17, 15) is 0 Å². The van der Waals surface area contributed by atoms with Crippen LogP contribution in [-0.4, -0.2) is 7.05 Å². The molecule has 0 unspecified atom stereocenters. The van der Waals surface area contributed by atoms with Crippen LogP contribution in [0.4, 0.5) is 45.5 Å². The lowest BCUT2D eigenvalue weighted by Crippen LogP contribution is -2.26. The van der Waals surface area contributed by atoms with E-state index >= 15 is 0 Å². The summed E-state index contributed by atoms with van der Waals surface area (Å²) in [6.45, 7) is 4.66. The van der Waals surface area contributed by atoms with Crippen molar-refractivity contribution < 1.29 is 0 Å². The number of para-hydroxylation sites is 2. The number of rotatable bonds is 23. The molecular formula is C88H81N3. The molecule has 448 valence electrons. The highest BCUT2D eigenvalue weighted by Crippen LogP contribution is 2.56. The molecule has 0 amide bonds. The average molecular weight is 1180 g/mol. The highest BCUT2D eigenvalue weighted by Gasteiger charge is 2.42. The van der Waals surface area contributed by atoms with Crippen molar-refractivity contribution in [2.75, 3.05) is 21.7 Å². The molecule has 0 N–H and O–H groups in total. The Labute approximate surface area is 540 Å². The van der Waals surface area contributed by atoms with Gasteiger partial charge < -0.3 is 14.7 Å². The molecule has 0 saturated carbocycles. The topological polar surface area (TPSA) is 9.72 Å². The average Bonchev–Trinajstić information content (AvgIpc) is 1.59. The summed E-state index contributed by atoms with van der Waals surface area (Å²) in [6, 6.07) is 109. The molecule has 0 fully saturated rings. The van der Waals surface area contributed by atoms with Gasteiger partial charge in [0, 0.05) is 58.0 Å². The van der Waals surface area contributed by atoms with Crippen LogP contribution in [-0.2, 0) is 18.3 Å². The molecule has 12 aromatic rings. The van der Waals surface area contributed by atoms with Crippen molar-refractivity contribution in [3.8, 4) is 66.8 Å². The van der Waals surface area contributed by atoms with E-state index in [2.05, 4.69) is 327 Å². The summed E-state index contributed by atoms with van der Waals surface area (Å²) in [6.07, 6.45) is 14.8. The molecule has 0 heterocycles. The molecule has 0 bridgehead atoms.